The van der Waals surface area contributed by atoms with Gasteiger partial charge in [0.2, 0.25) is 0 Å². The zero-order valence-corrected chi connectivity index (χ0v) is 12.1. The first-order valence-corrected chi connectivity index (χ1v) is 7.56. The highest BCUT2D eigenvalue weighted by atomic mass is 79.9. The van der Waals surface area contributed by atoms with Crippen LogP contribution in [-0.4, -0.2) is 0 Å². The van der Waals surface area contributed by atoms with Gasteiger partial charge < -0.3 is 4.74 Å². The van der Waals surface area contributed by atoms with Crippen LogP contribution in [0, 0.1) is 0 Å². The third kappa shape index (κ3) is 3.56. The van der Waals surface area contributed by atoms with Crippen molar-refractivity contribution in [2.24, 2.45) is 0 Å². The van der Waals surface area contributed by atoms with E-state index in [-0.39, 0.29) is 0 Å². The van der Waals surface area contributed by atoms with Gasteiger partial charge in [-0.05, 0) is 23.1 Å². The van der Waals surface area contributed by atoms with Crippen molar-refractivity contribution < 1.29 is 4.74 Å². The van der Waals surface area contributed by atoms with E-state index in [0.29, 0.717) is 4.83 Å². The Morgan fingerprint density at radius 2 is 2.00 bits per heavy atom. The summed E-state index contributed by atoms with van der Waals surface area (Å²) in [6, 6.07) is 6.77. The Hall–Kier alpha value is -0.340. The number of unbranched alkanes of at least 4 members (excludes halogenated alkanes) is 3. The van der Waals surface area contributed by atoms with E-state index in [9.17, 15) is 0 Å². The first-order valence-electron chi connectivity index (χ1n) is 6.64. The maximum absolute atomic E-state index is 5.45. The molecule has 2 heteroatoms. The van der Waals surface area contributed by atoms with Crippen LogP contribution < -0.4 is 0 Å². The summed E-state index contributed by atoms with van der Waals surface area (Å²) < 4.78 is 5.45. The third-order valence-electron chi connectivity index (χ3n) is 3.42. The van der Waals surface area contributed by atoms with Gasteiger partial charge in [-0.1, -0.05) is 66.7 Å². The number of fused-ring (bicyclic) bond motifs is 1. The Morgan fingerprint density at radius 3 is 2.82 bits per heavy atom. The van der Waals surface area contributed by atoms with Crippen LogP contribution in [0.4, 0.5) is 0 Å². The van der Waals surface area contributed by atoms with Gasteiger partial charge in [-0.3, -0.25) is 0 Å². The minimum absolute atomic E-state index is 0.505. The van der Waals surface area contributed by atoms with Crippen molar-refractivity contribution in [3.05, 3.63) is 34.9 Å². The van der Waals surface area contributed by atoms with Crippen molar-refractivity contribution in [3.8, 4) is 0 Å². The number of alkyl halides is 1. The molecule has 1 atom stereocenters. The maximum Gasteiger partial charge on any atom is 0.0725 e. The molecule has 17 heavy (non-hydrogen) atoms. The summed E-state index contributed by atoms with van der Waals surface area (Å²) in [4.78, 5) is 0.505. The predicted molar refractivity (Wildman–Crippen MR) is 75.4 cm³/mol. The molecule has 0 saturated carbocycles. The van der Waals surface area contributed by atoms with Crippen molar-refractivity contribution in [3.63, 3.8) is 0 Å². The molecule has 0 N–H and O–H groups in total. The molecule has 1 aromatic carbocycles. The molecule has 1 aliphatic heterocycles. The summed E-state index contributed by atoms with van der Waals surface area (Å²) in [5.74, 6) is 0. The molecule has 0 spiro atoms. The first kappa shape index (κ1) is 13.1. The van der Waals surface area contributed by atoms with E-state index in [1.807, 2.05) is 0 Å². The molecule has 0 saturated heterocycles. The highest BCUT2D eigenvalue weighted by Crippen LogP contribution is 2.31. The molecule has 0 aliphatic carbocycles. The molecule has 2 rings (SSSR count). The van der Waals surface area contributed by atoms with Gasteiger partial charge in [-0.15, -0.1) is 0 Å². The SMILES string of the molecule is CCCCCCC(Br)c1ccc2c(c1)COC2. The highest BCUT2D eigenvalue weighted by molar-refractivity contribution is 9.09. The lowest BCUT2D eigenvalue weighted by Gasteiger charge is -2.11. The molecule has 1 aliphatic rings. The van der Waals surface area contributed by atoms with Gasteiger partial charge in [0.05, 0.1) is 13.2 Å². The number of hydrogen-bond acceptors (Lipinski definition) is 1. The van der Waals surface area contributed by atoms with Crippen LogP contribution in [0.5, 0.6) is 0 Å². The van der Waals surface area contributed by atoms with Crippen LogP contribution >= 0.6 is 15.9 Å². The Bertz CT molecular complexity index is 362. The Labute approximate surface area is 113 Å². The quantitative estimate of drug-likeness (QED) is 0.523. The molecule has 94 valence electrons. The lowest BCUT2D eigenvalue weighted by molar-refractivity contribution is 0.134. The minimum Gasteiger partial charge on any atom is -0.372 e. The second-order valence-electron chi connectivity index (χ2n) is 4.84. The fourth-order valence-electron chi connectivity index (χ4n) is 2.30. The standard InChI is InChI=1S/C15H21BrO/c1-2-3-4-5-6-15(16)12-7-8-13-10-17-11-14(13)9-12/h7-9,15H,2-6,10-11H2,1H3. The van der Waals surface area contributed by atoms with Crippen molar-refractivity contribution in [2.45, 2.75) is 57.1 Å². The molecule has 1 heterocycles. The van der Waals surface area contributed by atoms with Crippen LogP contribution in [0.25, 0.3) is 0 Å². The molecule has 1 nitrogen and oxygen atoms in total. The predicted octanol–water partition coefficient (Wildman–Crippen LogP) is 5.12. The minimum atomic E-state index is 0.505. The average Bonchev–Trinajstić information content (AvgIpc) is 2.81. The van der Waals surface area contributed by atoms with Gasteiger partial charge in [0.25, 0.3) is 0 Å². The van der Waals surface area contributed by atoms with E-state index in [4.69, 9.17) is 4.74 Å². The topological polar surface area (TPSA) is 9.23 Å². The molecule has 0 aromatic heterocycles. The number of benzene rings is 1. The molecular weight excluding hydrogens is 276 g/mol. The summed E-state index contributed by atoms with van der Waals surface area (Å²) in [7, 11) is 0. The molecule has 1 unspecified atom stereocenters. The van der Waals surface area contributed by atoms with Gasteiger partial charge in [-0.25, -0.2) is 0 Å². The van der Waals surface area contributed by atoms with Gasteiger partial charge in [-0.2, -0.15) is 0 Å². The maximum atomic E-state index is 5.45. The zero-order chi connectivity index (χ0) is 12.1. The van der Waals surface area contributed by atoms with E-state index in [1.165, 1.54) is 48.8 Å². The van der Waals surface area contributed by atoms with E-state index >= 15 is 0 Å². The largest absolute Gasteiger partial charge is 0.372 e. The molecule has 0 bridgehead atoms. The Kier molecular flexibility index (Phi) is 5.05. The van der Waals surface area contributed by atoms with Crippen LogP contribution in [-0.2, 0) is 18.0 Å². The second kappa shape index (κ2) is 6.55. The fraction of sp³-hybridized carbons (Fsp3) is 0.600. The fourth-order valence-corrected chi connectivity index (χ4v) is 2.91. The van der Waals surface area contributed by atoms with E-state index in [1.54, 1.807) is 0 Å². The molecule has 0 radical (unpaired) electrons. The van der Waals surface area contributed by atoms with Crippen molar-refractivity contribution in [1.82, 2.24) is 0 Å². The highest BCUT2D eigenvalue weighted by Gasteiger charge is 2.14. The van der Waals surface area contributed by atoms with Gasteiger partial charge in [0, 0.05) is 4.83 Å². The second-order valence-corrected chi connectivity index (χ2v) is 5.94. The lowest BCUT2D eigenvalue weighted by atomic mass is 10.0. The normalized spacial score (nSPS) is 15.9. The van der Waals surface area contributed by atoms with Crippen molar-refractivity contribution in [2.75, 3.05) is 0 Å². The number of rotatable bonds is 6. The number of ether oxygens (including phenoxy) is 1. The lowest BCUT2D eigenvalue weighted by Crippen LogP contribution is -1.93. The average molecular weight is 297 g/mol. The van der Waals surface area contributed by atoms with Crippen molar-refractivity contribution in [1.29, 1.82) is 0 Å². The first-order chi connectivity index (χ1) is 8.31. The van der Waals surface area contributed by atoms with Gasteiger partial charge in [0.15, 0.2) is 0 Å². The molecule has 0 amide bonds. The van der Waals surface area contributed by atoms with Gasteiger partial charge >= 0.3 is 0 Å². The van der Waals surface area contributed by atoms with Crippen LogP contribution in [0.15, 0.2) is 18.2 Å². The van der Waals surface area contributed by atoms with Crippen LogP contribution in [0.3, 0.4) is 0 Å². The summed E-state index contributed by atoms with van der Waals surface area (Å²) in [6.07, 6.45) is 6.57. The van der Waals surface area contributed by atoms with Crippen molar-refractivity contribution >= 4 is 15.9 Å². The van der Waals surface area contributed by atoms with E-state index < -0.39 is 0 Å². The number of halogens is 1. The molecular formula is C15H21BrO. The summed E-state index contributed by atoms with van der Waals surface area (Å²) >= 11 is 3.81. The summed E-state index contributed by atoms with van der Waals surface area (Å²) in [6.45, 7) is 3.84. The zero-order valence-electron chi connectivity index (χ0n) is 10.5. The summed E-state index contributed by atoms with van der Waals surface area (Å²) in [5.41, 5.74) is 4.14. The smallest absolute Gasteiger partial charge is 0.0725 e. The van der Waals surface area contributed by atoms with Gasteiger partial charge in [0.1, 0.15) is 0 Å². The Morgan fingerprint density at radius 1 is 1.18 bits per heavy atom. The van der Waals surface area contributed by atoms with E-state index in [0.717, 1.165) is 13.2 Å². The van der Waals surface area contributed by atoms with Crippen LogP contribution in [0.2, 0.25) is 0 Å². The van der Waals surface area contributed by atoms with E-state index in [2.05, 4.69) is 41.1 Å². The third-order valence-corrected chi connectivity index (χ3v) is 4.40. The molecule has 1 aromatic rings. The summed E-state index contributed by atoms with van der Waals surface area (Å²) in [5, 5.41) is 0. The number of hydrogen-bond donors (Lipinski definition) is 0. The Balaban J connectivity index is 1.88. The monoisotopic (exact) mass is 296 g/mol. The van der Waals surface area contributed by atoms with Crippen LogP contribution in [0.1, 0.15) is 60.5 Å². The molecule has 0 fully saturated rings.